The molecule has 150 valence electrons. The molecule has 7 nitrogen and oxygen atoms in total. The molecular weight excluding hydrogens is 394 g/mol. The number of para-hydroxylation sites is 1. The van der Waals surface area contributed by atoms with Crippen LogP contribution in [0.3, 0.4) is 0 Å². The van der Waals surface area contributed by atoms with Gasteiger partial charge in [-0.1, -0.05) is 48.5 Å². The average molecular weight is 409 g/mol. The van der Waals surface area contributed by atoms with Gasteiger partial charge in [0.05, 0.1) is 16.6 Å². The van der Waals surface area contributed by atoms with Crippen molar-refractivity contribution < 1.29 is 14.5 Å². The van der Waals surface area contributed by atoms with E-state index in [4.69, 9.17) is 4.74 Å². The molecule has 0 bridgehead atoms. The van der Waals surface area contributed by atoms with Gasteiger partial charge in [-0.15, -0.1) is 0 Å². The van der Waals surface area contributed by atoms with Gasteiger partial charge in [-0.05, 0) is 18.2 Å². The number of nitriles is 2. The fourth-order valence-corrected chi connectivity index (χ4v) is 2.86. The number of Topliss-reactive ketones (excluding diaryl/α,β-unsaturated/α-hetero) is 1. The fourth-order valence-electron chi connectivity index (χ4n) is 2.86. The van der Waals surface area contributed by atoms with Gasteiger partial charge in [-0.3, -0.25) is 14.9 Å². The van der Waals surface area contributed by atoms with Gasteiger partial charge >= 0.3 is 0 Å². The summed E-state index contributed by atoms with van der Waals surface area (Å²) in [6.45, 7) is 0.134. The Balaban J connectivity index is 1.89. The first-order chi connectivity index (χ1) is 15.0. The lowest BCUT2D eigenvalue weighted by molar-refractivity contribution is -0.384. The molecule has 0 heterocycles. The summed E-state index contributed by atoms with van der Waals surface area (Å²) in [7, 11) is 0. The highest BCUT2D eigenvalue weighted by atomic mass is 16.6. The Hall–Kier alpha value is -4.75. The van der Waals surface area contributed by atoms with E-state index in [1.165, 1.54) is 24.3 Å². The molecule has 0 atom stereocenters. The lowest BCUT2D eigenvalue weighted by Crippen LogP contribution is -2.03. The van der Waals surface area contributed by atoms with Gasteiger partial charge in [-0.25, -0.2) is 0 Å². The van der Waals surface area contributed by atoms with E-state index in [0.29, 0.717) is 22.4 Å². The number of nitrogens with zero attached hydrogens (tertiary/aromatic N) is 3. The summed E-state index contributed by atoms with van der Waals surface area (Å²) >= 11 is 0. The van der Waals surface area contributed by atoms with Gasteiger partial charge in [0, 0.05) is 28.8 Å². The van der Waals surface area contributed by atoms with E-state index < -0.39 is 10.7 Å². The molecule has 0 aliphatic rings. The van der Waals surface area contributed by atoms with Crippen molar-refractivity contribution in [2.24, 2.45) is 0 Å². The van der Waals surface area contributed by atoms with Crippen molar-refractivity contribution in [1.29, 1.82) is 10.5 Å². The van der Waals surface area contributed by atoms with Crippen molar-refractivity contribution in [2.45, 2.75) is 6.61 Å². The minimum absolute atomic E-state index is 0.0448. The summed E-state index contributed by atoms with van der Waals surface area (Å²) in [6.07, 6.45) is 1.38. The van der Waals surface area contributed by atoms with Gasteiger partial charge in [0.15, 0.2) is 0 Å². The predicted molar refractivity (Wildman–Crippen MR) is 113 cm³/mol. The SMILES string of the molecule is N#C/C(=C\c1ccccc1OCc1ccccc1C#N)C(=O)c1cccc([N+](=O)[O-])c1. The molecule has 0 spiro atoms. The minimum atomic E-state index is -0.629. The molecule has 3 aromatic rings. The smallest absolute Gasteiger partial charge is 0.270 e. The van der Waals surface area contributed by atoms with Crippen LogP contribution < -0.4 is 4.74 Å². The van der Waals surface area contributed by atoms with E-state index in [0.717, 1.165) is 6.07 Å². The number of nitro benzene ring substituents is 1. The summed E-state index contributed by atoms with van der Waals surface area (Å²) < 4.78 is 5.84. The maximum atomic E-state index is 12.7. The maximum absolute atomic E-state index is 12.7. The van der Waals surface area contributed by atoms with Gasteiger partial charge in [-0.2, -0.15) is 10.5 Å². The van der Waals surface area contributed by atoms with E-state index in [1.54, 1.807) is 48.5 Å². The summed E-state index contributed by atoms with van der Waals surface area (Å²) in [5, 5.41) is 29.7. The number of carbonyl (C=O) groups is 1. The molecule has 0 fully saturated rings. The first-order valence-corrected chi connectivity index (χ1v) is 9.14. The molecule has 0 aliphatic heterocycles. The van der Waals surface area contributed by atoms with Crippen LogP contribution in [0.25, 0.3) is 6.08 Å². The van der Waals surface area contributed by atoms with Crippen LogP contribution in [0.4, 0.5) is 5.69 Å². The Labute approximate surface area is 178 Å². The number of ketones is 1. The second-order valence-corrected chi connectivity index (χ2v) is 6.40. The number of ether oxygens (including phenoxy) is 1. The van der Waals surface area contributed by atoms with E-state index in [-0.39, 0.29) is 23.4 Å². The second kappa shape index (κ2) is 9.64. The molecule has 0 saturated heterocycles. The topological polar surface area (TPSA) is 117 Å². The van der Waals surface area contributed by atoms with Gasteiger partial charge in [0.2, 0.25) is 5.78 Å². The van der Waals surface area contributed by atoms with Crippen LogP contribution in [-0.4, -0.2) is 10.7 Å². The van der Waals surface area contributed by atoms with Crippen molar-refractivity contribution in [3.05, 3.63) is 111 Å². The Morgan fingerprint density at radius 3 is 2.52 bits per heavy atom. The highest BCUT2D eigenvalue weighted by Crippen LogP contribution is 2.24. The van der Waals surface area contributed by atoms with Gasteiger partial charge < -0.3 is 4.74 Å². The van der Waals surface area contributed by atoms with Crippen molar-refractivity contribution >= 4 is 17.5 Å². The highest BCUT2D eigenvalue weighted by Gasteiger charge is 2.16. The Bertz CT molecular complexity index is 1270. The fraction of sp³-hybridized carbons (Fsp3) is 0.0417. The third-order valence-electron chi connectivity index (χ3n) is 4.42. The molecule has 0 N–H and O–H groups in total. The molecule has 0 amide bonds. The highest BCUT2D eigenvalue weighted by molar-refractivity contribution is 6.14. The Morgan fingerprint density at radius 2 is 1.77 bits per heavy atom. The zero-order valence-corrected chi connectivity index (χ0v) is 16.2. The molecule has 0 unspecified atom stereocenters. The number of hydrogen-bond acceptors (Lipinski definition) is 6. The van der Waals surface area contributed by atoms with Crippen LogP contribution in [0.15, 0.2) is 78.4 Å². The standard InChI is InChI=1S/C24H15N3O4/c25-14-19-7-1-2-8-20(19)16-31-23-11-4-3-6-17(23)12-21(15-26)24(28)18-9-5-10-22(13-18)27(29)30/h1-13H,16H2/b21-12+. The van der Waals surface area contributed by atoms with Crippen LogP contribution in [0.1, 0.15) is 27.0 Å². The van der Waals surface area contributed by atoms with Crippen molar-refractivity contribution in [3.63, 3.8) is 0 Å². The first kappa shape index (κ1) is 21.0. The Kier molecular flexibility index (Phi) is 6.52. The van der Waals surface area contributed by atoms with Crippen molar-refractivity contribution in [1.82, 2.24) is 0 Å². The zero-order chi connectivity index (χ0) is 22.2. The van der Waals surface area contributed by atoms with E-state index in [1.807, 2.05) is 6.07 Å². The van der Waals surface area contributed by atoms with Crippen LogP contribution in [0.2, 0.25) is 0 Å². The molecule has 0 aliphatic carbocycles. The van der Waals surface area contributed by atoms with Crippen LogP contribution in [-0.2, 0) is 6.61 Å². The average Bonchev–Trinajstić information content (AvgIpc) is 2.81. The number of rotatable bonds is 7. The van der Waals surface area contributed by atoms with E-state index in [2.05, 4.69) is 6.07 Å². The van der Waals surface area contributed by atoms with Crippen molar-refractivity contribution in [3.8, 4) is 17.9 Å². The molecular formula is C24H15N3O4. The zero-order valence-electron chi connectivity index (χ0n) is 16.2. The summed E-state index contributed by atoms with van der Waals surface area (Å²) in [6, 6.07) is 23.1. The predicted octanol–water partition coefficient (Wildman–Crippen LogP) is 4.84. The monoisotopic (exact) mass is 409 g/mol. The van der Waals surface area contributed by atoms with Crippen LogP contribution in [0, 0.1) is 32.8 Å². The number of benzene rings is 3. The molecule has 0 saturated carbocycles. The van der Waals surface area contributed by atoms with Gasteiger partial charge in [0.1, 0.15) is 24.0 Å². The molecule has 0 radical (unpaired) electrons. The minimum Gasteiger partial charge on any atom is -0.488 e. The third kappa shape index (κ3) is 5.00. The summed E-state index contributed by atoms with van der Waals surface area (Å²) in [5.41, 5.74) is 1.32. The third-order valence-corrected chi connectivity index (χ3v) is 4.42. The van der Waals surface area contributed by atoms with Crippen molar-refractivity contribution in [2.75, 3.05) is 0 Å². The van der Waals surface area contributed by atoms with Crippen LogP contribution in [0.5, 0.6) is 5.75 Å². The molecule has 0 aromatic heterocycles. The van der Waals surface area contributed by atoms with E-state index in [9.17, 15) is 25.4 Å². The molecule has 31 heavy (non-hydrogen) atoms. The molecule has 7 heteroatoms. The normalized spacial score (nSPS) is 10.6. The lowest BCUT2D eigenvalue weighted by atomic mass is 10.0. The second-order valence-electron chi connectivity index (χ2n) is 6.40. The first-order valence-electron chi connectivity index (χ1n) is 9.14. The number of allylic oxidation sites excluding steroid dienone is 1. The maximum Gasteiger partial charge on any atom is 0.270 e. The number of non-ortho nitro benzene ring substituents is 1. The number of nitro groups is 1. The number of hydrogen-bond donors (Lipinski definition) is 0. The number of carbonyl (C=O) groups excluding carboxylic acids is 1. The summed E-state index contributed by atoms with van der Waals surface area (Å²) in [4.78, 5) is 23.1. The Morgan fingerprint density at radius 1 is 1.03 bits per heavy atom. The molecule has 3 rings (SSSR count). The lowest BCUT2D eigenvalue weighted by Gasteiger charge is -2.10. The van der Waals surface area contributed by atoms with Gasteiger partial charge in [0.25, 0.3) is 5.69 Å². The molecule has 3 aromatic carbocycles. The van der Waals surface area contributed by atoms with E-state index >= 15 is 0 Å². The quantitative estimate of drug-likeness (QED) is 0.181. The largest absolute Gasteiger partial charge is 0.488 e. The summed E-state index contributed by atoms with van der Waals surface area (Å²) in [5.74, 6) is -0.203. The van der Waals surface area contributed by atoms with Crippen LogP contribution >= 0.6 is 0 Å².